The van der Waals surface area contributed by atoms with Crippen LogP contribution in [0.1, 0.15) is 26.2 Å². The fourth-order valence-electron chi connectivity index (χ4n) is 1.45. The number of nitrogens with one attached hydrogen (secondary N) is 2. The van der Waals surface area contributed by atoms with Gasteiger partial charge in [-0.05, 0) is 12.8 Å². The molecule has 8 nitrogen and oxygen atoms in total. The van der Waals surface area contributed by atoms with Crippen LogP contribution in [0.5, 0.6) is 0 Å². The van der Waals surface area contributed by atoms with Crippen molar-refractivity contribution in [1.82, 2.24) is 10.0 Å². The summed E-state index contributed by atoms with van der Waals surface area (Å²) in [5.74, 6) is -1.09. The molecule has 0 aliphatic rings. The number of carbonyl (C=O) groups excluding carboxylic acids is 1. The Morgan fingerprint density at radius 1 is 1.42 bits per heavy atom. The maximum atomic E-state index is 11.8. The molecule has 1 amide bonds. The SMILES string of the molecule is CCCC(C(=O)NCCCNS(C)(=O)=O)C(N)=NO. The van der Waals surface area contributed by atoms with Gasteiger partial charge in [0.25, 0.3) is 0 Å². The molecule has 112 valence electrons. The zero-order valence-electron chi connectivity index (χ0n) is 11.2. The smallest absolute Gasteiger partial charge is 0.230 e. The number of carbonyl (C=O) groups is 1. The Bertz CT molecular complexity index is 408. The van der Waals surface area contributed by atoms with Gasteiger partial charge in [-0.3, -0.25) is 4.79 Å². The maximum Gasteiger partial charge on any atom is 0.230 e. The predicted octanol–water partition coefficient (Wildman–Crippen LogP) is -0.795. The first kappa shape index (κ1) is 17.6. The van der Waals surface area contributed by atoms with Crippen LogP contribution in [0.2, 0.25) is 0 Å². The Morgan fingerprint density at radius 2 is 2.05 bits per heavy atom. The third kappa shape index (κ3) is 8.38. The molecule has 0 spiro atoms. The second kappa shape index (κ2) is 8.70. The van der Waals surface area contributed by atoms with Crippen LogP contribution in [0.4, 0.5) is 0 Å². The Kier molecular flexibility index (Phi) is 8.08. The summed E-state index contributed by atoms with van der Waals surface area (Å²) in [6.07, 6.45) is 2.75. The summed E-state index contributed by atoms with van der Waals surface area (Å²) < 4.78 is 23.9. The normalized spacial score (nSPS) is 14.1. The van der Waals surface area contributed by atoms with Crippen LogP contribution in [0.15, 0.2) is 5.16 Å². The zero-order valence-corrected chi connectivity index (χ0v) is 12.0. The zero-order chi connectivity index (χ0) is 14.9. The summed E-state index contributed by atoms with van der Waals surface area (Å²) in [6.45, 7) is 2.46. The third-order valence-corrected chi connectivity index (χ3v) is 3.11. The van der Waals surface area contributed by atoms with E-state index in [9.17, 15) is 13.2 Å². The van der Waals surface area contributed by atoms with Crippen molar-refractivity contribution in [2.75, 3.05) is 19.3 Å². The van der Waals surface area contributed by atoms with Crippen molar-refractivity contribution >= 4 is 21.8 Å². The number of nitrogens with zero attached hydrogens (tertiary/aromatic N) is 1. The van der Waals surface area contributed by atoms with Crippen molar-refractivity contribution in [1.29, 1.82) is 0 Å². The molecule has 0 radical (unpaired) electrons. The van der Waals surface area contributed by atoms with E-state index in [0.29, 0.717) is 19.4 Å². The lowest BCUT2D eigenvalue weighted by atomic mass is 10.0. The number of hydrogen-bond acceptors (Lipinski definition) is 5. The van der Waals surface area contributed by atoms with Gasteiger partial charge < -0.3 is 16.3 Å². The predicted molar refractivity (Wildman–Crippen MR) is 72.3 cm³/mol. The second-order valence-corrected chi connectivity index (χ2v) is 6.01. The number of oxime groups is 1. The fourth-order valence-corrected chi connectivity index (χ4v) is 1.97. The van der Waals surface area contributed by atoms with Gasteiger partial charge in [-0.15, -0.1) is 0 Å². The summed E-state index contributed by atoms with van der Waals surface area (Å²) in [4.78, 5) is 11.8. The molecular weight excluding hydrogens is 272 g/mol. The van der Waals surface area contributed by atoms with Crippen LogP contribution in [0.25, 0.3) is 0 Å². The molecule has 0 heterocycles. The summed E-state index contributed by atoms with van der Waals surface area (Å²) in [5, 5.41) is 14.1. The Balaban J connectivity index is 4.07. The van der Waals surface area contributed by atoms with Crippen LogP contribution in [0, 0.1) is 5.92 Å². The summed E-state index contributed by atoms with van der Waals surface area (Å²) in [7, 11) is -3.20. The van der Waals surface area contributed by atoms with Gasteiger partial charge in [0.2, 0.25) is 15.9 Å². The van der Waals surface area contributed by atoms with E-state index >= 15 is 0 Å². The Hall–Kier alpha value is -1.35. The molecular formula is C10H22N4O4S. The molecule has 9 heteroatoms. The van der Waals surface area contributed by atoms with E-state index < -0.39 is 15.9 Å². The number of hydrogen-bond donors (Lipinski definition) is 4. The van der Waals surface area contributed by atoms with E-state index in [4.69, 9.17) is 10.9 Å². The van der Waals surface area contributed by atoms with E-state index in [-0.39, 0.29) is 18.3 Å². The van der Waals surface area contributed by atoms with Crippen molar-refractivity contribution in [2.24, 2.45) is 16.8 Å². The highest BCUT2D eigenvalue weighted by molar-refractivity contribution is 7.88. The maximum absolute atomic E-state index is 11.8. The molecule has 1 atom stereocenters. The molecule has 0 fully saturated rings. The van der Waals surface area contributed by atoms with Crippen molar-refractivity contribution < 1.29 is 18.4 Å². The number of rotatable bonds is 9. The molecule has 0 bridgehead atoms. The standard InChI is InChI=1S/C10H22N4O4S/c1-3-5-8(9(11)14-16)10(15)12-6-4-7-13-19(2,17)18/h8,13,16H,3-7H2,1-2H3,(H2,11,14)(H,12,15). The van der Waals surface area contributed by atoms with Crippen molar-refractivity contribution in [2.45, 2.75) is 26.2 Å². The Labute approximate surface area is 113 Å². The minimum Gasteiger partial charge on any atom is -0.409 e. The number of amidine groups is 1. The molecule has 19 heavy (non-hydrogen) atoms. The van der Waals surface area contributed by atoms with Gasteiger partial charge in [-0.2, -0.15) is 0 Å². The van der Waals surface area contributed by atoms with E-state index in [1.807, 2.05) is 6.92 Å². The molecule has 0 rings (SSSR count). The Morgan fingerprint density at radius 3 is 2.53 bits per heavy atom. The first-order valence-electron chi connectivity index (χ1n) is 6.01. The first-order valence-corrected chi connectivity index (χ1v) is 7.90. The fraction of sp³-hybridized carbons (Fsp3) is 0.800. The number of sulfonamides is 1. The highest BCUT2D eigenvalue weighted by Gasteiger charge is 2.21. The topological polar surface area (TPSA) is 134 Å². The lowest BCUT2D eigenvalue weighted by Gasteiger charge is -2.14. The van der Waals surface area contributed by atoms with Gasteiger partial charge >= 0.3 is 0 Å². The van der Waals surface area contributed by atoms with Crippen molar-refractivity contribution in [3.8, 4) is 0 Å². The molecule has 0 aromatic carbocycles. The average molecular weight is 294 g/mol. The minimum absolute atomic E-state index is 0.117. The highest BCUT2D eigenvalue weighted by Crippen LogP contribution is 2.06. The van der Waals surface area contributed by atoms with Crippen LogP contribution >= 0.6 is 0 Å². The van der Waals surface area contributed by atoms with Crippen LogP contribution in [-0.4, -0.2) is 44.7 Å². The average Bonchev–Trinajstić information content (AvgIpc) is 2.33. The number of amides is 1. The van der Waals surface area contributed by atoms with Gasteiger partial charge in [-0.25, -0.2) is 13.1 Å². The lowest BCUT2D eigenvalue weighted by molar-refractivity contribution is -0.123. The van der Waals surface area contributed by atoms with Crippen molar-refractivity contribution in [3.05, 3.63) is 0 Å². The lowest BCUT2D eigenvalue weighted by Crippen LogP contribution is -2.39. The van der Waals surface area contributed by atoms with Crippen LogP contribution in [-0.2, 0) is 14.8 Å². The summed E-state index contributed by atoms with van der Waals surface area (Å²) in [5.41, 5.74) is 5.44. The number of nitrogens with two attached hydrogens (primary N) is 1. The third-order valence-electron chi connectivity index (χ3n) is 2.38. The molecule has 0 aliphatic heterocycles. The van der Waals surface area contributed by atoms with Crippen LogP contribution < -0.4 is 15.8 Å². The van der Waals surface area contributed by atoms with Gasteiger partial charge in [0, 0.05) is 13.1 Å². The van der Waals surface area contributed by atoms with Gasteiger partial charge in [0.1, 0.15) is 0 Å². The monoisotopic (exact) mass is 294 g/mol. The van der Waals surface area contributed by atoms with E-state index in [1.165, 1.54) is 0 Å². The van der Waals surface area contributed by atoms with Gasteiger partial charge in [0.05, 0.1) is 12.2 Å². The quantitative estimate of drug-likeness (QED) is 0.145. The molecule has 5 N–H and O–H groups in total. The molecule has 0 aliphatic carbocycles. The molecule has 0 saturated heterocycles. The van der Waals surface area contributed by atoms with E-state index in [1.54, 1.807) is 0 Å². The molecule has 0 saturated carbocycles. The molecule has 0 aromatic rings. The van der Waals surface area contributed by atoms with Gasteiger partial charge in [0.15, 0.2) is 5.84 Å². The van der Waals surface area contributed by atoms with Crippen LogP contribution in [0.3, 0.4) is 0 Å². The van der Waals surface area contributed by atoms with Gasteiger partial charge in [-0.1, -0.05) is 18.5 Å². The second-order valence-electron chi connectivity index (χ2n) is 4.18. The molecule has 1 unspecified atom stereocenters. The summed E-state index contributed by atoms with van der Waals surface area (Å²) >= 11 is 0. The highest BCUT2D eigenvalue weighted by atomic mass is 32.2. The largest absolute Gasteiger partial charge is 0.409 e. The van der Waals surface area contributed by atoms with E-state index in [2.05, 4.69) is 15.2 Å². The summed E-state index contributed by atoms with van der Waals surface area (Å²) in [6, 6.07) is 0. The van der Waals surface area contributed by atoms with E-state index in [0.717, 1.165) is 12.7 Å². The first-order chi connectivity index (χ1) is 8.81. The van der Waals surface area contributed by atoms with Crippen molar-refractivity contribution in [3.63, 3.8) is 0 Å². The molecule has 0 aromatic heterocycles. The minimum atomic E-state index is -3.20.